The second kappa shape index (κ2) is 9.57. The normalized spacial score (nSPS) is 16.7. The van der Waals surface area contributed by atoms with Gasteiger partial charge in [0.05, 0.1) is 27.0 Å². The van der Waals surface area contributed by atoms with Crippen LogP contribution in [-0.4, -0.2) is 39.1 Å². The third-order valence-corrected chi connectivity index (χ3v) is 6.82. The van der Waals surface area contributed by atoms with Crippen molar-refractivity contribution in [3.05, 3.63) is 51.0 Å². The number of amides is 1. The number of nitrogens with zero attached hydrogens (tertiary/aromatic N) is 1. The maximum Gasteiger partial charge on any atom is 0.266 e. The van der Waals surface area contributed by atoms with E-state index in [9.17, 15) is 14.7 Å². The number of carbonyl (C=O) groups is 2. The maximum atomic E-state index is 12.8. The lowest BCUT2D eigenvalue weighted by molar-refractivity contribution is -0.310. The van der Waals surface area contributed by atoms with E-state index in [1.165, 1.54) is 11.8 Å². The summed E-state index contributed by atoms with van der Waals surface area (Å²) >= 11 is 19.7. The number of carboxylic acids is 1. The lowest BCUT2D eigenvalue weighted by Crippen LogP contribution is -2.50. The zero-order valence-electron chi connectivity index (χ0n) is 15.0. The van der Waals surface area contributed by atoms with E-state index in [-0.39, 0.29) is 10.7 Å². The van der Waals surface area contributed by atoms with Crippen LogP contribution < -0.4 is 5.11 Å². The first-order chi connectivity index (χ1) is 13.8. The minimum Gasteiger partial charge on any atom is -0.548 e. The molecule has 1 atom stereocenters. The number of aliphatic carboxylic acids is 1. The largest absolute Gasteiger partial charge is 0.548 e. The van der Waals surface area contributed by atoms with E-state index in [2.05, 4.69) is 0 Å². The average Bonchev–Trinajstić information content (AvgIpc) is 3.24. The molecule has 3 rings (SSSR count). The number of thiocarbonyl (C=S) groups is 1. The predicted octanol–water partition coefficient (Wildman–Crippen LogP) is 4.33. The number of furan rings is 1. The molecule has 0 radical (unpaired) electrons. The van der Waals surface area contributed by atoms with Crippen LogP contribution in [0.4, 0.5) is 0 Å². The molecule has 10 heteroatoms. The Morgan fingerprint density at radius 2 is 2.10 bits per heavy atom. The van der Waals surface area contributed by atoms with Gasteiger partial charge in [0.2, 0.25) is 0 Å². The van der Waals surface area contributed by atoms with Crippen molar-refractivity contribution < 1.29 is 19.1 Å². The Hall–Kier alpha value is -1.45. The third-order valence-electron chi connectivity index (χ3n) is 4.11. The van der Waals surface area contributed by atoms with Crippen molar-refractivity contribution in [2.75, 3.05) is 12.0 Å². The van der Waals surface area contributed by atoms with Crippen LogP contribution in [0.1, 0.15) is 12.2 Å². The minimum absolute atomic E-state index is 0.188. The smallest absolute Gasteiger partial charge is 0.266 e. The molecule has 0 saturated carbocycles. The number of rotatable bonds is 7. The number of thioether (sulfide) groups is 2. The molecule has 0 aliphatic carbocycles. The molecule has 1 fully saturated rings. The van der Waals surface area contributed by atoms with Gasteiger partial charge in [-0.3, -0.25) is 9.69 Å². The molecule has 152 valence electrons. The van der Waals surface area contributed by atoms with Crippen LogP contribution in [-0.2, 0) is 9.59 Å². The second-order valence-corrected chi connectivity index (χ2v) is 9.47. The zero-order valence-corrected chi connectivity index (χ0v) is 19.0. The van der Waals surface area contributed by atoms with E-state index in [4.69, 9.17) is 39.8 Å². The van der Waals surface area contributed by atoms with Gasteiger partial charge in [-0.1, -0.05) is 47.2 Å². The predicted molar refractivity (Wildman–Crippen MR) is 121 cm³/mol. The fourth-order valence-corrected chi connectivity index (χ4v) is 4.79. The molecular formula is C19H14Cl2NO4S3-. The molecule has 1 aromatic carbocycles. The molecule has 1 amide bonds. The van der Waals surface area contributed by atoms with Crippen LogP contribution in [0.15, 0.2) is 39.7 Å². The molecule has 1 unspecified atom stereocenters. The molecule has 1 aliphatic rings. The Bertz CT molecular complexity index is 1010. The summed E-state index contributed by atoms with van der Waals surface area (Å²) in [5.41, 5.74) is 0.737. The molecule has 0 N–H and O–H groups in total. The van der Waals surface area contributed by atoms with E-state index in [1.54, 1.807) is 36.4 Å². The average molecular weight is 487 g/mol. The van der Waals surface area contributed by atoms with E-state index >= 15 is 0 Å². The monoisotopic (exact) mass is 486 g/mol. The summed E-state index contributed by atoms with van der Waals surface area (Å²) in [5, 5.41) is 12.4. The van der Waals surface area contributed by atoms with Gasteiger partial charge in [-0.05, 0) is 48.8 Å². The molecule has 1 aromatic heterocycles. The van der Waals surface area contributed by atoms with Crippen LogP contribution in [0, 0.1) is 0 Å². The highest BCUT2D eigenvalue weighted by atomic mass is 35.5. The number of benzene rings is 1. The molecule has 5 nitrogen and oxygen atoms in total. The number of hydrogen-bond donors (Lipinski definition) is 0. The Balaban J connectivity index is 1.83. The molecule has 1 aliphatic heterocycles. The van der Waals surface area contributed by atoms with Gasteiger partial charge in [-0.25, -0.2) is 0 Å². The summed E-state index contributed by atoms with van der Waals surface area (Å²) in [6.07, 6.45) is 3.66. The Labute approximate surface area is 191 Å². The van der Waals surface area contributed by atoms with Crippen molar-refractivity contribution in [2.45, 2.75) is 12.5 Å². The molecular weight excluding hydrogens is 473 g/mol. The lowest BCUT2D eigenvalue weighted by Gasteiger charge is -2.27. The van der Waals surface area contributed by atoms with Crippen LogP contribution >= 0.6 is 58.9 Å². The summed E-state index contributed by atoms with van der Waals surface area (Å²) in [4.78, 5) is 25.7. The van der Waals surface area contributed by atoms with Crippen molar-refractivity contribution >= 4 is 81.2 Å². The lowest BCUT2D eigenvalue weighted by atomic mass is 10.2. The first-order valence-corrected chi connectivity index (χ1v) is 11.7. The summed E-state index contributed by atoms with van der Waals surface area (Å²) in [6.45, 7) is 0. The quantitative estimate of drug-likeness (QED) is 0.425. The maximum absolute atomic E-state index is 12.8. The number of carbonyl (C=O) groups excluding carboxylic acids is 2. The number of hydrogen-bond acceptors (Lipinski definition) is 7. The van der Waals surface area contributed by atoms with Crippen molar-refractivity contribution in [2.24, 2.45) is 0 Å². The highest BCUT2D eigenvalue weighted by molar-refractivity contribution is 8.26. The number of halogens is 2. The highest BCUT2D eigenvalue weighted by Gasteiger charge is 2.37. The fraction of sp³-hybridized carbons (Fsp3) is 0.211. The molecule has 0 spiro atoms. The SMILES string of the molecule is CSCCC(C(=O)[O-])N1C(=O)C(=Cc2ccc(-c3ccc(Cl)c(Cl)c3)o2)SC1=S. The summed E-state index contributed by atoms with van der Waals surface area (Å²) in [5.74, 6) is -0.238. The van der Waals surface area contributed by atoms with Crippen LogP contribution in [0.2, 0.25) is 10.0 Å². The van der Waals surface area contributed by atoms with Crippen molar-refractivity contribution in [1.82, 2.24) is 4.90 Å². The number of carboxylic acid groups (broad SMARTS) is 1. The minimum atomic E-state index is -1.32. The van der Waals surface area contributed by atoms with Gasteiger partial charge in [0.25, 0.3) is 5.91 Å². The Morgan fingerprint density at radius 1 is 1.34 bits per heavy atom. The van der Waals surface area contributed by atoms with Crippen molar-refractivity contribution in [3.63, 3.8) is 0 Å². The summed E-state index contributed by atoms with van der Waals surface area (Å²) < 4.78 is 5.97. The Kier molecular flexibility index (Phi) is 7.34. The van der Waals surface area contributed by atoms with Gasteiger partial charge in [0, 0.05) is 11.6 Å². The second-order valence-electron chi connectivity index (χ2n) is 6.00. The van der Waals surface area contributed by atoms with Gasteiger partial charge in [0.15, 0.2) is 0 Å². The van der Waals surface area contributed by atoms with Gasteiger partial charge in [0.1, 0.15) is 15.8 Å². The molecule has 29 heavy (non-hydrogen) atoms. The van der Waals surface area contributed by atoms with Crippen molar-refractivity contribution in [3.8, 4) is 11.3 Å². The van der Waals surface area contributed by atoms with Crippen LogP contribution in [0.25, 0.3) is 17.4 Å². The van der Waals surface area contributed by atoms with E-state index in [0.717, 1.165) is 22.2 Å². The molecule has 0 bridgehead atoms. The first-order valence-electron chi connectivity index (χ1n) is 8.34. The zero-order chi connectivity index (χ0) is 21.1. The van der Waals surface area contributed by atoms with Gasteiger partial charge in [-0.2, -0.15) is 11.8 Å². The summed E-state index contributed by atoms with van der Waals surface area (Å²) in [6, 6.07) is 7.47. The van der Waals surface area contributed by atoms with E-state index in [1.807, 2.05) is 6.26 Å². The standard InChI is InChI=1S/C19H15Cl2NO4S3/c1-28-7-6-14(18(24)25)22-17(23)16(29-19(22)27)9-11-3-5-15(26-11)10-2-4-12(20)13(21)8-10/h2-5,8-9,14H,6-7H2,1H3,(H,24,25)/p-1. The van der Waals surface area contributed by atoms with Crippen LogP contribution in [0.5, 0.6) is 0 Å². The van der Waals surface area contributed by atoms with Gasteiger partial charge >= 0.3 is 0 Å². The van der Waals surface area contributed by atoms with Crippen LogP contribution in [0.3, 0.4) is 0 Å². The van der Waals surface area contributed by atoms with Gasteiger partial charge < -0.3 is 14.3 Å². The van der Waals surface area contributed by atoms with E-state index in [0.29, 0.717) is 32.2 Å². The first kappa shape index (κ1) is 22.2. The topological polar surface area (TPSA) is 73.6 Å². The summed E-state index contributed by atoms with van der Waals surface area (Å²) in [7, 11) is 0. The Morgan fingerprint density at radius 3 is 2.76 bits per heavy atom. The molecule has 2 aromatic rings. The molecule has 1 saturated heterocycles. The highest BCUT2D eigenvalue weighted by Crippen LogP contribution is 2.36. The fourth-order valence-electron chi connectivity index (χ4n) is 2.69. The molecule has 2 heterocycles. The third kappa shape index (κ3) is 5.00. The van der Waals surface area contributed by atoms with Crippen molar-refractivity contribution in [1.29, 1.82) is 0 Å². The van der Waals surface area contributed by atoms with Gasteiger partial charge in [-0.15, -0.1) is 0 Å². The van der Waals surface area contributed by atoms with E-state index < -0.39 is 17.9 Å².